The van der Waals surface area contributed by atoms with Crippen molar-refractivity contribution in [2.24, 2.45) is 11.8 Å². The third-order valence-electron chi connectivity index (χ3n) is 3.01. The van der Waals surface area contributed by atoms with Crippen LogP contribution in [0.5, 0.6) is 0 Å². The Labute approximate surface area is 89.6 Å². The van der Waals surface area contributed by atoms with Crippen LogP contribution in [-0.2, 0) is 4.74 Å². The summed E-state index contributed by atoms with van der Waals surface area (Å²) in [5.74, 6) is 1.47. The first kappa shape index (κ1) is 13.9. The van der Waals surface area contributed by atoms with E-state index in [0.29, 0.717) is 6.04 Å². The number of hydrogen-bond donors (Lipinski definition) is 0. The van der Waals surface area contributed by atoms with E-state index >= 15 is 0 Å². The van der Waals surface area contributed by atoms with Gasteiger partial charge in [-0.15, -0.1) is 0 Å². The minimum atomic E-state index is 0.648. The van der Waals surface area contributed by atoms with Gasteiger partial charge in [0.05, 0.1) is 13.2 Å². The topological polar surface area (TPSA) is 12.5 Å². The largest absolute Gasteiger partial charge is 0.379 e. The van der Waals surface area contributed by atoms with Gasteiger partial charge in [0.2, 0.25) is 0 Å². The smallest absolute Gasteiger partial charge is 0.0625 e. The van der Waals surface area contributed by atoms with Crippen LogP contribution in [0.4, 0.5) is 0 Å². The summed E-state index contributed by atoms with van der Waals surface area (Å²) in [5, 5.41) is 0. The summed E-state index contributed by atoms with van der Waals surface area (Å²) < 4.78 is 5.51. The van der Waals surface area contributed by atoms with Crippen molar-refractivity contribution in [2.75, 3.05) is 26.8 Å². The van der Waals surface area contributed by atoms with Crippen molar-refractivity contribution >= 4 is 0 Å². The van der Waals surface area contributed by atoms with Crippen LogP contribution >= 0.6 is 0 Å². The molecule has 1 aliphatic rings. The third kappa shape index (κ3) is 3.58. The summed E-state index contributed by atoms with van der Waals surface area (Å²) >= 11 is 0. The van der Waals surface area contributed by atoms with Crippen molar-refractivity contribution in [3.05, 3.63) is 0 Å². The average molecular weight is 201 g/mol. The van der Waals surface area contributed by atoms with Crippen molar-refractivity contribution in [1.82, 2.24) is 4.90 Å². The van der Waals surface area contributed by atoms with Gasteiger partial charge in [-0.3, -0.25) is 0 Å². The van der Waals surface area contributed by atoms with E-state index in [9.17, 15) is 0 Å². The SMILES string of the molecule is CC.CCN(C)[C@H]1COC[C@@H]1C(C)C. The van der Waals surface area contributed by atoms with E-state index in [1.54, 1.807) is 0 Å². The second-order valence-electron chi connectivity index (χ2n) is 4.09. The van der Waals surface area contributed by atoms with Gasteiger partial charge in [-0.25, -0.2) is 0 Å². The second-order valence-corrected chi connectivity index (χ2v) is 4.09. The van der Waals surface area contributed by atoms with E-state index in [2.05, 4.69) is 32.7 Å². The number of ether oxygens (including phenoxy) is 1. The molecule has 1 saturated heterocycles. The molecule has 1 fully saturated rings. The lowest BCUT2D eigenvalue weighted by molar-refractivity contribution is 0.162. The van der Waals surface area contributed by atoms with Gasteiger partial charge in [0.25, 0.3) is 0 Å². The Hall–Kier alpha value is -0.0800. The molecule has 2 nitrogen and oxygen atoms in total. The summed E-state index contributed by atoms with van der Waals surface area (Å²) in [7, 11) is 2.19. The van der Waals surface area contributed by atoms with Crippen LogP contribution in [-0.4, -0.2) is 37.7 Å². The molecule has 0 spiro atoms. The van der Waals surface area contributed by atoms with Crippen molar-refractivity contribution < 1.29 is 4.74 Å². The molecule has 0 aromatic heterocycles. The summed E-state index contributed by atoms with van der Waals surface area (Å²) in [6, 6.07) is 0.648. The zero-order chi connectivity index (χ0) is 11.1. The fraction of sp³-hybridized carbons (Fsp3) is 1.00. The highest BCUT2D eigenvalue weighted by molar-refractivity contribution is 4.83. The molecular weight excluding hydrogens is 174 g/mol. The van der Waals surface area contributed by atoms with Gasteiger partial charge in [-0.1, -0.05) is 34.6 Å². The second kappa shape index (κ2) is 7.24. The predicted octanol–water partition coefficient (Wildman–Crippen LogP) is 2.64. The standard InChI is InChI=1S/C10H21NO.C2H6/c1-5-11(4)10-7-12-6-9(10)8(2)3;1-2/h8-10H,5-7H2,1-4H3;1-2H3/t9-,10+;/m1./s1. The molecule has 0 N–H and O–H groups in total. The molecule has 86 valence electrons. The van der Waals surface area contributed by atoms with Crippen molar-refractivity contribution in [3.8, 4) is 0 Å². The molecule has 14 heavy (non-hydrogen) atoms. The fourth-order valence-corrected chi connectivity index (χ4v) is 1.88. The Morgan fingerprint density at radius 1 is 1.29 bits per heavy atom. The summed E-state index contributed by atoms with van der Waals surface area (Å²) in [6.07, 6.45) is 0. The lowest BCUT2D eigenvalue weighted by atomic mass is 9.90. The molecular formula is C12H27NO. The minimum absolute atomic E-state index is 0.648. The number of hydrogen-bond acceptors (Lipinski definition) is 2. The normalized spacial score (nSPS) is 26.6. The molecule has 0 aromatic rings. The van der Waals surface area contributed by atoms with Gasteiger partial charge in [0.1, 0.15) is 0 Å². The Kier molecular flexibility index (Phi) is 7.20. The van der Waals surface area contributed by atoms with Crippen LogP contribution in [0.2, 0.25) is 0 Å². The number of nitrogens with zero attached hydrogens (tertiary/aromatic N) is 1. The van der Waals surface area contributed by atoms with Gasteiger partial charge in [-0.2, -0.15) is 0 Å². The van der Waals surface area contributed by atoms with Crippen molar-refractivity contribution in [2.45, 2.75) is 40.7 Å². The lowest BCUT2D eigenvalue weighted by Gasteiger charge is -2.28. The molecule has 2 heteroatoms. The van der Waals surface area contributed by atoms with Gasteiger partial charge in [0, 0.05) is 12.0 Å². The molecule has 0 aliphatic carbocycles. The van der Waals surface area contributed by atoms with Crippen LogP contribution in [0.25, 0.3) is 0 Å². The highest BCUT2D eigenvalue weighted by Crippen LogP contribution is 2.25. The molecule has 2 atom stereocenters. The predicted molar refractivity (Wildman–Crippen MR) is 62.6 cm³/mol. The maximum absolute atomic E-state index is 5.51. The molecule has 0 unspecified atom stereocenters. The highest BCUT2D eigenvalue weighted by atomic mass is 16.5. The first-order chi connectivity index (χ1) is 6.66. The Morgan fingerprint density at radius 3 is 2.29 bits per heavy atom. The molecule has 0 aromatic carbocycles. The zero-order valence-corrected chi connectivity index (χ0v) is 10.7. The van der Waals surface area contributed by atoms with E-state index in [0.717, 1.165) is 31.6 Å². The van der Waals surface area contributed by atoms with E-state index in [4.69, 9.17) is 4.74 Å². The maximum Gasteiger partial charge on any atom is 0.0625 e. The molecule has 1 heterocycles. The zero-order valence-electron chi connectivity index (χ0n) is 10.7. The van der Waals surface area contributed by atoms with E-state index in [1.807, 2.05) is 13.8 Å². The molecule has 1 rings (SSSR count). The molecule has 0 radical (unpaired) electrons. The first-order valence-corrected chi connectivity index (χ1v) is 5.94. The summed E-state index contributed by atoms with van der Waals surface area (Å²) in [5.41, 5.74) is 0. The summed E-state index contributed by atoms with van der Waals surface area (Å²) in [6.45, 7) is 13.8. The average Bonchev–Trinajstić information content (AvgIpc) is 2.68. The number of rotatable bonds is 3. The fourth-order valence-electron chi connectivity index (χ4n) is 1.88. The van der Waals surface area contributed by atoms with Crippen molar-refractivity contribution in [3.63, 3.8) is 0 Å². The monoisotopic (exact) mass is 201 g/mol. The van der Waals surface area contributed by atoms with E-state index in [1.165, 1.54) is 0 Å². The third-order valence-corrected chi connectivity index (χ3v) is 3.01. The maximum atomic E-state index is 5.51. The summed E-state index contributed by atoms with van der Waals surface area (Å²) in [4.78, 5) is 2.40. The molecule has 0 bridgehead atoms. The van der Waals surface area contributed by atoms with Crippen LogP contribution in [0.15, 0.2) is 0 Å². The van der Waals surface area contributed by atoms with Crippen molar-refractivity contribution in [1.29, 1.82) is 0 Å². The van der Waals surface area contributed by atoms with E-state index < -0.39 is 0 Å². The quantitative estimate of drug-likeness (QED) is 0.696. The van der Waals surface area contributed by atoms with E-state index in [-0.39, 0.29) is 0 Å². The Morgan fingerprint density at radius 2 is 1.86 bits per heavy atom. The Balaban J connectivity index is 0.000000791. The van der Waals surface area contributed by atoms with Gasteiger partial charge >= 0.3 is 0 Å². The minimum Gasteiger partial charge on any atom is -0.379 e. The van der Waals surface area contributed by atoms with Crippen LogP contribution < -0.4 is 0 Å². The Bertz CT molecular complexity index is 136. The van der Waals surface area contributed by atoms with Crippen LogP contribution in [0.3, 0.4) is 0 Å². The molecule has 0 saturated carbocycles. The van der Waals surface area contributed by atoms with Crippen LogP contribution in [0, 0.1) is 11.8 Å². The number of likely N-dealkylation sites (N-methyl/N-ethyl adjacent to an activating group) is 1. The van der Waals surface area contributed by atoms with Gasteiger partial charge in [-0.05, 0) is 19.5 Å². The van der Waals surface area contributed by atoms with Crippen LogP contribution in [0.1, 0.15) is 34.6 Å². The molecule has 0 amide bonds. The van der Waals surface area contributed by atoms with Gasteiger partial charge in [0.15, 0.2) is 0 Å². The molecule has 1 aliphatic heterocycles. The van der Waals surface area contributed by atoms with Gasteiger partial charge < -0.3 is 9.64 Å². The highest BCUT2D eigenvalue weighted by Gasteiger charge is 2.32. The lowest BCUT2D eigenvalue weighted by Crippen LogP contribution is -2.39. The first-order valence-electron chi connectivity index (χ1n) is 5.94.